The molecule has 1 atom stereocenters. The summed E-state index contributed by atoms with van der Waals surface area (Å²) >= 11 is 0. The van der Waals surface area contributed by atoms with Crippen LogP contribution in [0.5, 0.6) is 0 Å². The molecule has 26 heavy (non-hydrogen) atoms. The first-order chi connectivity index (χ1) is 12.8. The Hall–Kier alpha value is -2.64. The van der Waals surface area contributed by atoms with Gasteiger partial charge in [-0.3, -0.25) is 0 Å². The van der Waals surface area contributed by atoms with Gasteiger partial charge in [0.25, 0.3) is 0 Å². The van der Waals surface area contributed by atoms with E-state index in [-0.39, 0.29) is 12.1 Å². The summed E-state index contributed by atoms with van der Waals surface area (Å²) < 4.78 is 5.19. The number of hydrogen-bond donors (Lipinski definition) is 1. The van der Waals surface area contributed by atoms with Gasteiger partial charge in [0.2, 0.25) is 0 Å². The number of cyclic esters (lactones) is 1. The van der Waals surface area contributed by atoms with Crippen molar-refractivity contribution >= 4 is 29.3 Å². The van der Waals surface area contributed by atoms with E-state index >= 15 is 0 Å². The van der Waals surface area contributed by atoms with Crippen LogP contribution in [0.3, 0.4) is 0 Å². The zero-order valence-corrected chi connectivity index (χ0v) is 15.5. The molecule has 3 aromatic rings. The molecule has 0 aromatic heterocycles. The Labute approximate surface area is 154 Å². The van der Waals surface area contributed by atoms with Gasteiger partial charge in [-0.05, 0) is 0 Å². The van der Waals surface area contributed by atoms with Gasteiger partial charge in [-0.15, -0.1) is 0 Å². The molecule has 1 amide bonds. The summed E-state index contributed by atoms with van der Waals surface area (Å²) in [6, 6.07) is 32.2. The number of benzene rings is 3. The van der Waals surface area contributed by atoms with E-state index in [0.717, 1.165) is 6.16 Å². The molecule has 1 fully saturated rings. The predicted molar refractivity (Wildman–Crippen MR) is 110 cm³/mol. The summed E-state index contributed by atoms with van der Waals surface area (Å²) in [6.07, 6.45) is 0.559. The second-order valence-corrected chi connectivity index (χ2v) is 10.6. The van der Waals surface area contributed by atoms with Crippen molar-refractivity contribution in [2.24, 2.45) is 0 Å². The minimum absolute atomic E-state index is 0.0229. The summed E-state index contributed by atoms with van der Waals surface area (Å²) in [5.41, 5.74) is 0. The average Bonchev–Trinajstić information content (AvgIpc) is 3.13. The van der Waals surface area contributed by atoms with Gasteiger partial charge in [0.1, 0.15) is 0 Å². The third-order valence-electron chi connectivity index (χ3n) is 5.09. The van der Waals surface area contributed by atoms with Crippen molar-refractivity contribution in [3.05, 3.63) is 91.0 Å². The SMILES string of the molecule is O=C1N[C@H](C[PH](c2ccccc2)(c2ccccc2)c2ccccc2)CO1. The Kier molecular flexibility index (Phi) is 4.73. The fourth-order valence-electron chi connectivity index (χ4n) is 3.93. The van der Waals surface area contributed by atoms with Crippen molar-refractivity contribution in [3.63, 3.8) is 0 Å². The number of alkyl carbamates (subject to hydrolysis) is 1. The van der Waals surface area contributed by atoms with E-state index in [1.54, 1.807) is 0 Å². The van der Waals surface area contributed by atoms with Crippen LogP contribution in [0.1, 0.15) is 0 Å². The topological polar surface area (TPSA) is 38.3 Å². The minimum atomic E-state index is -2.31. The Morgan fingerprint density at radius 2 is 1.19 bits per heavy atom. The molecule has 1 heterocycles. The van der Waals surface area contributed by atoms with E-state index in [0.29, 0.717) is 6.61 Å². The molecular formula is C22H22NO2P. The van der Waals surface area contributed by atoms with Crippen LogP contribution in [0, 0.1) is 0 Å². The fourth-order valence-corrected chi connectivity index (χ4v) is 8.88. The Balaban J connectivity index is 1.92. The normalized spacial score (nSPS) is 17.4. The maximum absolute atomic E-state index is 11.6. The maximum atomic E-state index is 11.6. The second kappa shape index (κ2) is 7.31. The van der Waals surface area contributed by atoms with Gasteiger partial charge in [-0.25, -0.2) is 0 Å². The number of nitrogens with one attached hydrogen (secondary N) is 1. The number of carbonyl (C=O) groups excluding carboxylic acids is 1. The van der Waals surface area contributed by atoms with E-state index in [2.05, 4.69) is 96.3 Å². The molecule has 0 bridgehead atoms. The second-order valence-electron chi connectivity index (χ2n) is 6.65. The standard InChI is InChI=1S/C22H22NO2P/c24-22-23-18(16-25-22)17-26(19-10-4-1-5-11-19,20-12-6-2-7-13-20)21-14-8-3-9-15-21/h1-15,18,26H,16-17H2,(H,23,24)/t18-/m0/s1. The quantitative estimate of drug-likeness (QED) is 0.708. The molecule has 4 heteroatoms. The van der Waals surface area contributed by atoms with Crippen molar-refractivity contribution in [2.75, 3.05) is 12.8 Å². The number of amides is 1. The predicted octanol–water partition coefficient (Wildman–Crippen LogP) is 2.82. The molecule has 1 aliphatic rings. The van der Waals surface area contributed by atoms with Crippen LogP contribution in [0.15, 0.2) is 91.0 Å². The summed E-state index contributed by atoms with van der Waals surface area (Å²) in [7, 11) is -2.31. The molecule has 0 spiro atoms. The van der Waals surface area contributed by atoms with E-state index in [4.69, 9.17) is 4.74 Å². The summed E-state index contributed by atoms with van der Waals surface area (Å²) in [5.74, 6) is 0. The van der Waals surface area contributed by atoms with Crippen molar-refractivity contribution in [1.29, 1.82) is 0 Å². The molecule has 1 aliphatic heterocycles. The van der Waals surface area contributed by atoms with Crippen LogP contribution in [-0.4, -0.2) is 24.9 Å². The monoisotopic (exact) mass is 363 g/mol. The first-order valence-corrected chi connectivity index (χ1v) is 11.1. The van der Waals surface area contributed by atoms with Gasteiger partial charge >= 0.3 is 154 Å². The molecule has 3 aromatic carbocycles. The molecule has 3 nitrogen and oxygen atoms in total. The van der Waals surface area contributed by atoms with Crippen LogP contribution in [-0.2, 0) is 4.74 Å². The third kappa shape index (κ3) is 3.11. The van der Waals surface area contributed by atoms with Crippen molar-refractivity contribution in [3.8, 4) is 0 Å². The Bertz CT molecular complexity index is 772. The first-order valence-electron chi connectivity index (χ1n) is 8.89. The summed E-state index contributed by atoms with van der Waals surface area (Å²) in [5, 5.41) is 7.03. The van der Waals surface area contributed by atoms with Gasteiger partial charge < -0.3 is 0 Å². The van der Waals surface area contributed by atoms with Gasteiger partial charge in [0.15, 0.2) is 0 Å². The van der Waals surface area contributed by atoms with E-state index in [9.17, 15) is 4.79 Å². The van der Waals surface area contributed by atoms with E-state index < -0.39 is 7.26 Å². The third-order valence-corrected chi connectivity index (χ3v) is 10.2. The number of carbonyl (C=O) groups is 1. The van der Waals surface area contributed by atoms with Crippen molar-refractivity contribution in [2.45, 2.75) is 6.04 Å². The molecule has 4 rings (SSSR count). The fraction of sp³-hybridized carbons (Fsp3) is 0.136. The van der Waals surface area contributed by atoms with Gasteiger partial charge in [0.05, 0.1) is 0 Å². The molecule has 0 aliphatic carbocycles. The Morgan fingerprint density at radius 3 is 1.54 bits per heavy atom. The molecule has 1 saturated heterocycles. The van der Waals surface area contributed by atoms with Crippen LogP contribution in [0.2, 0.25) is 0 Å². The summed E-state index contributed by atoms with van der Waals surface area (Å²) in [4.78, 5) is 11.6. The zero-order valence-electron chi connectivity index (χ0n) is 14.5. The first kappa shape index (κ1) is 16.8. The average molecular weight is 363 g/mol. The molecular weight excluding hydrogens is 341 g/mol. The molecule has 1 N–H and O–H groups in total. The van der Waals surface area contributed by atoms with Crippen LogP contribution in [0.25, 0.3) is 0 Å². The van der Waals surface area contributed by atoms with Crippen LogP contribution in [0.4, 0.5) is 4.79 Å². The van der Waals surface area contributed by atoms with Crippen molar-refractivity contribution < 1.29 is 9.53 Å². The number of rotatable bonds is 5. The Morgan fingerprint density at radius 1 is 0.769 bits per heavy atom. The van der Waals surface area contributed by atoms with Gasteiger partial charge in [0, 0.05) is 0 Å². The molecule has 0 saturated carbocycles. The molecule has 132 valence electrons. The molecule has 0 unspecified atom stereocenters. The van der Waals surface area contributed by atoms with Crippen LogP contribution >= 0.6 is 7.26 Å². The van der Waals surface area contributed by atoms with Crippen LogP contribution < -0.4 is 21.2 Å². The van der Waals surface area contributed by atoms with Gasteiger partial charge in [-0.1, -0.05) is 0 Å². The number of ether oxygens (including phenoxy) is 1. The van der Waals surface area contributed by atoms with Gasteiger partial charge in [-0.2, -0.15) is 0 Å². The van der Waals surface area contributed by atoms with Crippen molar-refractivity contribution in [1.82, 2.24) is 5.32 Å². The van der Waals surface area contributed by atoms with E-state index in [1.165, 1.54) is 15.9 Å². The van der Waals surface area contributed by atoms with E-state index in [1.807, 2.05) is 0 Å². The number of hydrogen-bond acceptors (Lipinski definition) is 2. The molecule has 0 radical (unpaired) electrons. The zero-order chi connectivity index (χ0) is 17.8. The summed E-state index contributed by atoms with van der Waals surface area (Å²) in [6.45, 7) is 0.431.